The number of rotatable bonds is 13. The molecule has 4 aliphatic heterocycles. The molecule has 3 saturated heterocycles. The van der Waals surface area contributed by atoms with Crippen LogP contribution in [-0.4, -0.2) is 166 Å². The van der Waals surface area contributed by atoms with E-state index in [-0.39, 0.29) is 30.0 Å². The van der Waals surface area contributed by atoms with Crippen LogP contribution in [0.25, 0.3) is 0 Å². The number of hydrogen-bond acceptors (Lipinski definition) is 16. The number of fused-ring (bicyclic) bond motifs is 5. The summed E-state index contributed by atoms with van der Waals surface area (Å²) in [6, 6.07) is 0.820. The average Bonchev–Trinajstić information content (AvgIpc) is 3.89. The molecule has 7 N–H and O–H groups in total. The second-order valence-corrected chi connectivity index (χ2v) is 18.7. The Kier molecular flexibility index (Phi) is 16.6. The number of carbonyl (C=O) groups is 8. The number of amides is 6. The summed E-state index contributed by atoms with van der Waals surface area (Å²) >= 11 is 7.75. The number of aliphatic carboxylic acids is 1. The number of epoxide rings is 1. The van der Waals surface area contributed by atoms with Gasteiger partial charge >= 0.3 is 18.0 Å². The van der Waals surface area contributed by atoms with Gasteiger partial charge in [-0.2, -0.15) is 0 Å². The van der Waals surface area contributed by atoms with Crippen LogP contribution in [-0.2, 0) is 54.2 Å². The SMILES string of the molecule is COc1cc2cc(c1Cl)N(C)C(=O)C[C@H](OC(=O)[C@H](C)N(C)C(=O)CCSC1CC(=O)N(CC(=O)NC(CN)C(=O)O)C1=O)[C@]1(C)O[C@H]1[C@H](C)[C@@H]1C[C@@](O)(NC(=O)O1)[C@H](O)/C=C/C=C(\C)C2. The molecular weight excluding hydrogens is 908 g/mol. The number of anilines is 1. The number of hydrogen-bond donors (Lipinski definition) is 6. The number of thioether (sulfide) groups is 1. The van der Waals surface area contributed by atoms with E-state index in [0.29, 0.717) is 28.3 Å². The van der Waals surface area contributed by atoms with Crippen LogP contribution in [0.2, 0.25) is 5.02 Å². The molecule has 21 nitrogen and oxygen atoms in total. The Morgan fingerprint density at radius 3 is 2.52 bits per heavy atom. The van der Waals surface area contributed by atoms with Gasteiger partial charge in [0.25, 0.3) is 0 Å². The number of imide groups is 1. The van der Waals surface area contributed by atoms with Crippen molar-refractivity contribution in [1.29, 1.82) is 0 Å². The number of aliphatic hydroxyl groups is 2. The van der Waals surface area contributed by atoms with E-state index < -0.39 is 126 Å². The third-order valence-electron chi connectivity index (χ3n) is 12.3. The predicted molar refractivity (Wildman–Crippen MR) is 237 cm³/mol. The van der Waals surface area contributed by atoms with Crippen molar-refractivity contribution in [1.82, 2.24) is 20.4 Å². The first kappa shape index (κ1) is 51.7. The molecular formula is C43H57ClN6O15S. The molecule has 23 heteroatoms. The summed E-state index contributed by atoms with van der Waals surface area (Å²) in [4.78, 5) is 107. The normalized spacial score (nSPS) is 30.1. The lowest BCUT2D eigenvalue weighted by atomic mass is 9.83. The van der Waals surface area contributed by atoms with Crippen LogP contribution >= 0.6 is 23.4 Å². The van der Waals surface area contributed by atoms with E-state index in [1.165, 1.54) is 39.1 Å². The third kappa shape index (κ3) is 11.6. The number of nitrogens with two attached hydrogens (primary N) is 1. The van der Waals surface area contributed by atoms with Crippen molar-refractivity contribution >= 4 is 76.6 Å². The van der Waals surface area contributed by atoms with E-state index in [4.69, 9.17) is 41.4 Å². The van der Waals surface area contributed by atoms with Gasteiger partial charge in [0.15, 0.2) is 5.72 Å². The highest BCUT2D eigenvalue weighted by molar-refractivity contribution is 8.00. The number of esters is 1. The van der Waals surface area contributed by atoms with Crippen molar-refractivity contribution in [2.45, 2.75) is 113 Å². The fourth-order valence-corrected chi connectivity index (χ4v) is 9.40. The number of carbonyl (C=O) groups excluding carboxylic acids is 7. The van der Waals surface area contributed by atoms with Crippen molar-refractivity contribution in [3.05, 3.63) is 46.5 Å². The van der Waals surface area contributed by atoms with E-state index in [1.54, 1.807) is 38.1 Å². The number of halogens is 1. The van der Waals surface area contributed by atoms with Crippen LogP contribution in [0.15, 0.2) is 35.9 Å². The number of nitrogens with zero attached hydrogens (tertiary/aromatic N) is 3. The number of carboxylic acids is 1. The summed E-state index contributed by atoms with van der Waals surface area (Å²) in [7, 11) is 4.31. The lowest BCUT2D eigenvalue weighted by Gasteiger charge is -2.41. The van der Waals surface area contributed by atoms with Gasteiger partial charge < -0.3 is 55.1 Å². The van der Waals surface area contributed by atoms with E-state index >= 15 is 0 Å². The maximum absolute atomic E-state index is 14.2. The molecule has 0 radical (unpaired) electrons. The second-order valence-electron chi connectivity index (χ2n) is 17.0. The predicted octanol–water partition coefficient (Wildman–Crippen LogP) is 0.639. The molecule has 66 heavy (non-hydrogen) atoms. The van der Waals surface area contributed by atoms with Gasteiger partial charge in [0.05, 0.1) is 30.6 Å². The summed E-state index contributed by atoms with van der Waals surface area (Å²) in [6.07, 6.45) is -1.80. The molecule has 0 aliphatic carbocycles. The Morgan fingerprint density at radius 2 is 1.86 bits per heavy atom. The van der Waals surface area contributed by atoms with Crippen molar-refractivity contribution in [3.8, 4) is 5.75 Å². The molecule has 0 aromatic heterocycles. The number of methoxy groups -OCH3 is 1. The van der Waals surface area contributed by atoms with Gasteiger partial charge in [-0.1, -0.05) is 42.3 Å². The first-order valence-corrected chi connectivity index (χ1v) is 22.5. The number of likely N-dealkylation sites (tertiary alicyclic amines) is 1. The average molecular weight is 965 g/mol. The third-order valence-corrected chi connectivity index (χ3v) is 13.9. The van der Waals surface area contributed by atoms with Gasteiger partial charge in [0.1, 0.15) is 53.3 Å². The maximum Gasteiger partial charge on any atom is 0.409 e. The lowest BCUT2D eigenvalue weighted by molar-refractivity contribution is -0.162. The number of ether oxygens (including phenoxy) is 4. The molecule has 6 amide bonds. The number of aliphatic hydroxyl groups excluding tert-OH is 1. The summed E-state index contributed by atoms with van der Waals surface area (Å²) < 4.78 is 23.4. The molecule has 362 valence electrons. The van der Waals surface area contributed by atoms with Crippen LogP contribution in [0.1, 0.15) is 58.9 Å². The molecule has 1 aromatic rings. The van der Waals surface area contributed by atoms with Crippen molar-refractivity contribution in [2.24, 2.45) is 11.7 Å². The van der Waals surface area contributed by atoms with Gasteiger partial charge in [0.2, 0.25) is 29.5 Å². The van der Waals surface area contributed by atoms with Crippen LogP contribution in [0, 0.1) is 5.92 Å². The number of benzene rings is 1. The maximum atomic E-state index is 14.2. The van der Waals surface area contributed by atoms with Crippen molar-refractivity contribution in [3.63, 3.8) is 0 Å². The Bertz CT molecular complexity index is 2180. The Labute approximate surface area is 390 Å². The van der Waals surface area contributed by atoms with E-state index in [2.05, 4.69) is 10.6 Å². The number of likely N-dealkylation sites (N-methyl/N-ethyl adjacent to an activating group) is 1. The quantitative estimate of drug-likeness (QED) is 0.0898. The highest BCUT2D eigenvalue weighted by Crippen LogP contribution is 2.49. The highest BCUT2D eigenvalue weighted by atomic mass is 35.5. The van der Waals surface area contributed by atoms with Crippen molar-refractivity contribution in [2.75, 3.05) is 44.9 Å². The molecule has 4 heterocycles. The van der Waals surface area contributed by atoms with E-state index in [0.717, 1.165) is 22.2 Å². The molecule has 4 aliphatic rings. The number of allylic oxidation sites excluding steroid dienone is 3. The van der Waals surface area contributed by atoms with Crippen LogP contribution < -0.4 is 26.0 Å². The summed E-state index contributed by atoms with van der Waals surface area (Å²) in [5, 5.41) is 35.4. The minimum atomic E-state index is -2.13. The number of alkyl carbamates (subject to hydrolysis) is 1. The lowest BCUT2D eigenvalue weighted by Crippen LogP contribution is -2.63. The summed E-state index contributed by atoms with van der Waals surface area (Å²) in [5.74, 6) is -5.88. The molecule has 1 aromatic carbocycles. The van der Waals surface area contributed by atoms with Gasteiger partial charge in [0, 0.05) is 51.6 Å². The fourth-order valence-electron chi connectivity index (χ4n) is 7.98. The Balaban J connectivity index is 1.32. The monoisotopic (exact) mass is 964 g/mol. The Morgan fingerprint density at radius 1 is 1.17 bits per heavy atom. The van der Waals surface area contributed by atoms with Gasteiger partial charge in [-0.15, -0.1) is 11.8 Å². The molecule has 5 rings (SSSR count). The zero-order valence-electron chi connectivity index (χ0n) is 37.6. The van der Waals surface area contributed by atoms with Gasteiger partial charge in [-0.25, -0.2) is 14.4 Å². The minimum absolute atomic E-state index is 0.0476. The van der Waals surface area contributed by atoms with Crippen LogP contribution in [0.5, 0.6) is 5.75 Å². The smallest absolute Gasteiger partial charge is 0.409 e. The largest absolute Gasteiger partial charge is 0.495 e. The van der Waals surface area contributed by atoms with Crippen molar-refractivity contribution < 1.29 is 72.6 Å². The molecule has 0 spiro atoms. The Hall–Kier alpha value is -5.26. The second kappa shape index (κ2) is 21.1. The first-order valence-electron chi connectivity index (χ1n) is 21.1. The highest BCUT2D eigenvalue weighted by Gasteiger charge is 2.64. The molecule has 4 bridgehead atoms. The first-order chi connectivity index (χ1) is 30.9. The molecule has 2 unspecified atom stereocenters. The molecule has 0 saturated carbocycles. The minimum Gasteiger partial charge on any atom is -0.495 e. The standard InChI is InChI=1S/C43H57ClN6O15S/c1-21-9-8-10-30(51)43(61)18-28(63-41(60)47-43)22(2)37-42(4,65-37)31(17-34(54)49(6)26-14-24(13-21)15-27(62-7)36(26)44)64-40(59)23(3)48(5)33(53)11-12-66-29-16-35(55)50(38(29)56)20-32(52)46-25(19-45)39(57)58/h8-10,14-15,22-23,25,28-31,37,51,61H,11-13,16-20,45H2,1-7H3,(H,46,52)(H,47,60)(H,57,58)/b10-8+,21-9+/t22-,23+,25?,28+,29?,30-,31+,37+,42+,43+/m1/s1. The van der Waals surface area contributed by atoms with Gasteiger partial charge in [-0.05, 0) is 44.9 Å². The number of carboxylic acid groups (broad SMARTS) is 1. The topological polar surface area (TPSA) is 297 Å². The number of nitrogens with one attached hydrogen (secondary N) is 2. The summed E-state index contributed by atoms with van der Waals surface area (Å²) in [6.45, 7) is 5.47. The van der Waals surface area contributed by atoms with Crippen LogP contribution in [0.4, 0.5) is 10.5 Å². The van der Waals surface area contributed by atoms with Crippen LogP contribution in [0.3, 0.4) is 0 Å². The van der Waals surface area contributed by atoms with E-state index in [1.807, 2.05) is 6.92 Å². The fraction of sp³-hybridized carbons (Fsp3) is 0.581. The zero-order valence-corrected chi connectivity index (χ0v) is 39.2. The summed E-state index contributed by atoms with van der Waals surface area (Å²) in [5.41, 5.74) is 3.69. The zero-order chi connectivity index (χ0) is 49.0. The van der Waals surface area contributed by atoms with E-state index in [9.17, 15) is 48.6 Å². The molecule has 10 atom stereocenters. The van der Waals surface area contributed by atoms with Gasteiger partial charge in [-0.3, -0.25) is 34.2 Å². The molecule has 3 fully saturated rings.